The first kappa shape index (κ1) is 27.3. The molecule has 3 unspecified atom stereocenters. The number of aromatic hydroxyl groups is 1. The van der Waals surface area contributed by atoms with Gasteiger partial charge >= 0.3 is 0 Å². The minimum Gasteiger partial charge on any atom is -0.507 e. The molecule has 2 aromatic rings. The van der Waals surface area contributed by atoms with Gasteiger partial charge in [-0.1, -0.05) is 26.0 Å². The molecule has 0 aliphatic carbocycles. The first-order chi connectivity index (χ1) is 16.9. The van der Waals surface area contributed by atoms with E-state index in [1.165, 1.54) is 32.4 Å². The summed E-state index contributed by atoms with van der Waals surface area (Å²) in [5.74, 6) is 0.0996. The molecule has 196 valence electrons. The van der Waals surface area contributed by atoms with Crippen LogP contribution in [0.4, 0.5) is 0 Å². The Kier molecular flexibility index (Phi) is 8.50. The Labute approximate surface area is 212 Å². The zero-order valence-corrected chi connectivity index (χ0v) is 22.1. The summed E-state index contributed by atoms with van der Waals surface area (Å²) in [4.78, 5) is 27.6. The van der Waals surface area contributed by atoms with Crippen LogP contribution in [0.5, 0.6) is 17.2 Å². The Hall–Kier alpha value is -3.27. The number of amides is 2. The van der Waals surface area contributed by atoms with E-state index in [9.17, 15) is 23.1 Å². The van der Waals surface area contributed by atoms with Gasteiger partial charge in [0.15, 0.2) is 0 Å². The maximum Gasteiger partial charge on any atom is 0.264 e. The number of carbonyl (C=O) groups is 2. The second kappa shape index (κ2) is 11.2. The van der Waals surface area contributed by atoms with Crippen LogP contribution in [-0.2, 0) is 14.8 Å². The van der Waals surface area contributed by atoms with Gasteiger partial charge in [0.2, 0.25) is 15.9 Å². The van der Waals surface area contributed by atoms with Crippen LogP contribution in [0.25, 0.3) is 0 Å². The summed E-state index contributed by atoms with van der Waals surface area (Å²) >= 11 is 0. The van der Waals surface area contributed by atoms with E-state index in [0.29, 0.717) is 47.6 Å². The van der Waals surface area contributed by atoms with Crippen LogP contribution in [0.3, 0.4) is 0 Å². The number of phenols is 1. The Morgan fingerprint density at radius 3 is 2.22 bits per heavy atom. The van der Waals surface area contributed by atoms with E-state index in [1.807, 2.05) is 9.62 Å². The molecule has 1 aliphatic rings. The minimum absolute atomic E-state index is 0.0467. The van der Waals surface area contributed by atoms with E-state index in [2.05, 4.69) is 13.8 Å². The molecule has 10 heteroatoms. The van der Waals surface area contributed by atoms with Gasteiger partial charge in [0, 0.05) is 48.7 Å². The van der Waals surface area contributed by atoms with Crippen LogP contribution >= 0.6 is 0 Å². The van der Waals surface area contributed by atoms with E-state index in [4.69, 9.17) is 9.47 Å². The van der Waals surface area contributed by atoms with Crippen molar-refractivity contribution in [1.29, 1.82) is 0 Å². The van der Waals surface area contributed by atoms with Crippen molar-refractivity contribution in [3.8, 4) is 17.2 Å². The zero-order valence-electron chi connectivity index (χ0n) is 21.3. The number of sulfonamides is 1. The Morgan fingerprint density at radius 1 is 1.08 bits per heavy atom. The highest BCUT2D eigenvalue weighted by Crippen LogP contribution is 2.43. The molecule has 0 spiro atoms. The van der Waals surface area contributed by atoms with Crippen LogP contribution in [-0.4, -0.2) is 63.8 Å². The highest BCUT2D eigenvalue weighted by atomic mass is 32.2. The van der Waals surface area contributed by atoms with Crippen molar-refractivity contribution in [3.63, 3.8) is 0 Å². The van der Waals surface area contributed by atoms with Gasteiger partial charge in [-0.05, 0) is 36.0 Å². The van der Waals surface area contributed by atoms with Gasteiger partial charge in [0.1, 0.15) is 17.2 Å². The van der Waals surface area contributed by atoms with Gasteiger partial charge in [0.25, 0.3) is 5.91 Å². The molecule has 2 N–H and O–H groups in total. The van der Waals surface area contributed by atoms with E-state index in [-0.39, 0.29) is 23.6 Å². The molecule has 1 fully saturated rings. The van der Waals surface area contributed by atoms with Gasteiger partial charge in [-0.2, -0.15) is 0 Å². The van der Waals surface area contributed by atoms with Crippen molar-refractivity contribution in [2.45, 2.75) is 32.6 Å². The summed E-state index contributed by atoms with van der Waals surface area (Å²) in [6.45, 7) is 5.61. The summed E-state index contributed by atoms with van der Waals surface area (Å²) in [7, 11) is -0.755. The maximum atomic E-state index is 13.5. The molecule has 1 aliphatic heterocycles. The van der Waals surface area contributed by atoms with Crippen LogP contribution in [0.15, 0.2) is 36.4 Å². The van der Waals surface area contributed by atoms with Crippen LogP contribution in [0.1, 0.15) is 54.1 Å². The molecule has 0 radical (unpaired) electrons. The number of benzene rings is 2. The number of carbonyl (C=O) groups excluding carboxylic acids is 2. The van der Waals surface area contributed by atoms with Gasteiger partial charge in [-0.15, -0.1) is 0 Å². The molecule has 2 aromatic carbocycles. The molecular weight excluding hydrogens is 484 g/mol. The third-order valence-electron chi connectivity index (χ3n) is 6.35. The summed E-state index contributed by atoms with van der Waals surface area (Å²) in [6.07, 6.45) is 2.05. The van der Waals surface area contributed by atoms with Crippen molar-refractivity contribution in [2.75, 3.05) is 33.6 Å². The summed E-state index contributed by atoms with van der Waals surface area (Å²) < 4.78 is 35.6. The van der Waals surface area contributed by atoms with E-state index in [0.717, 1.165) is 12.7 Å². The summed E-state index contributed by atoms with van der Waals surface area (Å²) in [5, 5.41) is 10.9. The quantitative estimate of drug-likeness (QED) is 0.551. The van der Waals surface area contributed by atoms with Crippen molar-refractivity contribution >= 4 is 21.8 Å². The number of methoxy groups -OCH3 is 2. The van der Waals surface area contributed by atoms with Crippen LogP contribution in [0.2, 0.25) is 0 Å². The molecule has 0 saturated carbocycles. The van der Waals surface area contributed by atoms with Crippen LogP contribution < -0.4 is 14.2 Å². The predicted octanol–water partition coefficient (Wildman–Crippen LogP) is 3.13. The Bertz CT molecular complexity index is 1200. The third kappa shape index (κ3) is 6.69. The van der Waals surface area contributed by atoms with E-state index < -0.39 is 21.8 Å². The molecular formula is C26H34N2O7S. The second-order valence-electron chi connectivity index (χ2n) is 9.59. The van der Waals surface area contributed by atoms with E-state index >= 15 is 0 Å². The number of piperidine rings is 1. The van der Waals surface area contributed by atoms with Gasteiger partial charge < -0.3 is 19.5 Å². The van der Waals surface area contributed by atoms with Crippen LogP contribution in [0, 0.1) is 11.8 Å². The first-order valence-corrected chi connectivity index (χ1v) is 13.7. The lowest BCUT2D eigenvalue weighted by atomic mass is 9.85. The Balaban J connectivity index is 2.01. The summed E-state index contributed by atoms with van der Waals surface area (Å²) in [6, 6.07) is 9.40. The monoisotopic (exact) mass is 518 g/mol. The number of ether oxygens (including phenoxy) is 2. The topological polar surface area (TPSA) is 122 Å². The van der Waals surface area contributed by atoms with Gasteiger partial charge in [-0.25, -0.2) is 13.1 Å². The molecule has 9 nitrogen and oxygen atoms in total. The number of hydrogen-bond acceptors (Lipinski definition) is 7. The number of rotatable bonds is 8. The maximum absolute atomic E-state index is 13.5. The molecule has 36 heavy (non-hydrogen) atoms. The standard InChI is InChI=1S/C26H34N2O7S/c1-16-10-17(2)15-28(14-16)24(30)13-21(25-22(29)11-20(34-3)12-23(25)35-4)18-6-8-19(9-7-18)26(31)27-36(5,32)33/h6-9,11-12,16-17,21,29H,10,13-15H2,1-5H3,(H,27,31). The lowest BCUT2D eigenvalue weighted by molar-refractivity contribution is -0.134. The predicted molar refractivity (Wildman–Crippen MR) is 136 cm³/mol. The highest BCUT2D eigenvalue weighted by molar-refractivity contribution is 7.89. The molecule has 3 atom stereocenters. The number of nitrogens with one attached hydrogen (secondary N) is 1. The first-order valence-electron chi connectivity index (χ1n) is 11.8. The zero-order chi connectivity index (χ0) is 26.6. The van der Waals surface area contributed by atoms with Crippen molar-refractivity contribution in [2.24, 2.45) is 11.8 Å². The van der Waals surface area contributed by atoms with Gasteiger partial charge in [0.05, 0.1) is 20.5 Å². The third-order valence-corrected chi connectivity index (χ3v) is 6.91. The normalized spacial score (nSPS) is 18.9. The van der Waals surface area contributed by atoms with E-state index in [1.54, 1.807) is 18.2 Å². The summed E-state index contributed by atoms with van der Waals surface area (Å²) in [5.41, 5.74) is 1.24. The largest absolute Gasteiger partial charge is 0.507 e. The molecule has 2 amide bonds. The molecule has 1 heterocycles. The number of phenolic OH excluding ortho intramolecular Hbond substituents is 1. The lowest BCUT2D eigenvalue weighted by Gasteiger charge is -2.36. The van der Waals surface area contributed by atoms with Crippen molar-refractivity contribution in [3.05, 3.63) is 53.1 Å². The number of nitrogens with zero attached hydrogens (tertiary/aromatic N) is 1. The molecule has 3 rings (SSSR count). The van der Waals surface area contributed by atoms with Crippen molar-refractivity contribution in [1.82, 2.24) is 9.62 Å². The minimum atomic E-state index is -3.71. The van der Waals surface area contributed by atoms with Crippen molar-refractivity contribution < 1.29 is 32.6 Å². The average Bonchev–Trinajstić information content (AvgIpc) is 2.80. The highest BCUT2D eigenvalue weighted by Gasteiger charge is 2.31. The second-order valence-corrected chi connectivity index (χ2v) is 11.3. The molecule has 1 saturated heterocycles. The number of hydrogen-bond donors (Lipinski definition) is 2. The Morgan fingerprint density at radius 2 is 1.69 bits per heavy atom. The molecule has 0 aromatic heterocycles. The fraction of sp³-hybridized carbons (Fsp3) is 0.462. The van der Waals surface area contributed by atoms with Gasteiger partial charge in [-0.3, -0.25) is 9.59 Å². The number of likely N-dealkylation sites (tertiary alicyclic amines) is 1. The average molecular weight is 519 g/mol. The molecule has 0 bridgehead atoms. The lowest BCUT2D eigenvalue weighted by Crippen LogP contribution is -2.43. The smallest absolute Gasteiger partial charge is 0.264 e. The fourth-order valence-corrected chi connectivity index (χ4v) is 5.33. The fourth-order valence-electron chi connectivity index (χ4n) is 4.88. The SMILES string of the molecule is COc1cc(O)c(C(CC(=O)N2CC(C)CC(C)C2)c2ccc(C(=O)NS(C)(=O)=O)cc2)c(OC)c1.